The van der Waals surface area contributed by atoms with Gasteiger partial charge in [-0.1, -0.05) is 6.07 Å². The Labute approximate surface area is 120 Å². The summed E-state index contributed by atoms with van der Waals surface area (Å²) in [4.78, 5) is 25.0. The van der Waals surface area contributed by atoms with E-state index in [1.165, 1.54) is 36.2 Å². The van der Waals surface area contributed by atoms with Gasteiger partial charge in [0.2, 0.25) is 5.91 Å². The number of alkyl halides is 2. The van der Waals surface area contributed by atoms with Crippen LogP contribution in [0.4, 0.5) is 8.78 Å². The summed E-state index contributed by atoms with van der Waals surface area (Å²) >= 11 is 0. The first-order valence-corrected chi connectivity index (χ1v) is 6.55. The smallest absolute Gasteiger partial charge is 0.387 e. The van der Waals surface area contributed by atoms with Crippen LogP contribution in [0.25, 0.3) is 0 Å². The van der Waals surface area contributed by atoms with Gasteiger partial charge in [0.25, 0.3) is 5.91 Å². The van der Waals surface area contributed by atoms with Crippen LogP contribution >= 0.6 is 0 Å². The third-order valence-electron chi connectivity index (χ3n) is 2.98. The van der Waals surface area contributed by atoms with Crippen LogP contribution in [0.1, 0.15) is 23.2 Å². The molecule has 7 heteroatoms. The second kappa shape index (κ2) is 6.51. The van der Waals surface area contributed by atoms with Gasteiger partial charge in [0.05, 0.1) is 6.54 Å². The van der Waals surface area contributed by atoms with Crippen LogP contribution in [-0.2, 0) is 4.79 Å². The van der Waals surface area contributed by atoms with Gasteiger partial charge in [0, 0.05) is 18.7 Å². The fraction of sp³-hybridized carbons (Fsp3) is 0.429. The number of ether oxygens (including phenoxy) is 1. The van der Waals surface area contributed by atoms with Crippen molar-refractivity contribution < 1.29 is 23.1 Å². The Morgan fingerprint density at radius 1 is 1.43 bits per heavy atom. The van der Waals surface area contributed by atoms with E-state index in [4.69, 9.17) is 0 Å². The number of rotatable bonds is 6. The number of carbonyl (C=O) groups is 2. The molecule has 0 spiro atoms. The van der Waals surface area contributed by atoms with Gasteiger partial charge in [-0.25, -0.2) is 0 Å². The van der Waals surface area contributed by atoms with Crippen molar-refractivity contribution in [1.29, 1.82) is 0 Å². The lowest BCUT2D eigenvalue weighted by Crippen LogP contribution is -2.39. The summed E-state index contributed by atoms with van der Waals surface area (Å²) in [6, 6.07) is 5.72. The zero-order valence-electron chi connectivity index (χ0n) is 11.5. The molecule has 1 aliphatic carbocycles. The maximum Gasteiger partial charge on any atom is 0.387 e. The highest BCUT2D eigenvalue weighted by molar-refractivity contribution is 5.96. The van der Waals surface area contributed by atoms with Gasteiger partial charge in [-0.05, 0) is 31.0 Å². The van der Waals surface area contributed by atoms with Crippen molar-refractivity contribution in [2.45, 2.75) is 25.5 Å². The van der Waals surface area contributed by atoms with Gasteiger partial charge in [0.15, 0.2) is 0 Å². The van der Waals surface area contributed by atoms with E-state index in [0.29, 0.717) is 0 Å². The molecule has 0 unspecified atom stereocenters. The van der Waals surface area contributed by atoms with E-state index in [9.17, 15) is 18.4 Å². The molecule has 0 aliphatic heterocycles. The van der Waals surface area contributed by atoms with E-state index in [-0.39, 0.29) is 29.8 Å². The number of benzene rings is 1. The average Bonchev–Trinajstić information content (AvgIpc) is 3.21. The standard InChI is InChI=1S/C14H16F2N2O3/c1-18(8-12(19)17-10-5-6-10)13(20)9-3-2-4-11(7-9)21-14(15)16/h2-4,7,10,14H,5-6,8H2,1H3,(H,17,19). The van der Waals surface area contributed by atoms with Crippen LogP contribution < -0.4 is 10.1 Å². The minimum absolute atomic E-state index is 0.0741. The van der Waals surface area contributed by atoms with Crippen molar-refractivity contribution in [2.75, 3.05) is 13.6 Å². The molecule has 0 bridgehead atoms. The molecule has 0 heterocycles. The van der Waals surface area contributed by atoms with Crippen molar-refractivity contribution >= 4 is 11.8 Å². The Hall–Kier alpha value is -2.18. The van der Waals surface area contributed by atoms with Crippen LogP contribution in [0.15, 0.2) is 24.3 Å². The lowest BCUT2D eigenvalue weighted by atomic mass is 10.2. The molecule has 1 saturated carbocycles. The molecule has 1 N–H and O–H groups in total. The molecule has 1 aliphatic rings. The number of nitrogens with one attached hydrogen (secondary N) is 1. The normalized spacial score (nSPS) is 13.9. The first-order chi connectivity index (χ1) is 9.95. The molecule has 2 rings (SSSR count). The van der Waals surface area contributed by atoms with Crippen LogP contribution in [0, 0.1) is 0 Å². The maximum absolute atomic E-state index is 12.1. The van der Waals surface area contributed by atoms with Crippen molar-refractivity contribution in [3.05, 3.63) is 29.8 Å². The third-order valence-corrected chi connectivity index (χ3v) is 2.98. The maximum atomic E-state index is 12.1. The SMILES string of the molecule is CN(CC(=O)NC1CC1)C(=O)c1cccc(OC(F)F)c1. The molecule has 2 amide bonds. The van der Waals surface area contributed by atoms with E-state index in [1.807, 2.05) is 0 Å². The van der Waals surface area contributed by atoms with Crippen LogP contribution in [0.3, 0.4) is 0 Å². The molecule has 0 atom stereocenters. The topological polar surface area (TPSA) is 58.6 Å². The number of hydrogen-bond acceptors (Lipinski definition) is 3. The minimum Gasteiger partial charge on any atom is -0.435 e. The number of amides is 2. The molecule has 5 nitrogen and oxygen atoms in total. The molecule has 1 aromatic carbocycles. The van der Waals surface area contributed by atoms with Crippen LogP contribution in [0.5, 0.6) is 5.75 Å². The van der Waals surface area contributed by atoms with Crippen molar-refractivity contribution in [3.63, 3.8) is 0 Å². The summed E-state index contributed by atoms with van der Waals surface area (Å²) in [7, 11) is 1.48. The second-order valence-corrected chi connectivity index (χ2v) is 4.91. The quantitative estimate of drug-likeness (QED) is 0.868. The number of carbonyl (C=O) groups excluding carboxylic acids is 2. The second-order valence-electron chi connectivity index (χ2n) is 4.91. The molecule has 114 valence electrons. The van der Waals surface area contributed by atoms with Crippen LogP contribution in [0.2, 0.25) is 0 Å². The van der Waals surface area contributed by atoms with Crippen molar-refractivity contribution in [1.82, 2.24) is 10.2 Å². The third kappa shape index (κ3) is 4.70. The van der Waals surface area contributed by atoms with Gasteiger partial charge >= 0.3 is 6.61 Å². The zero-order chi connectivity index (χ0) is 15.4. The average molecular weight is 298 g/mol. The molecular formula is C14H16F2N2O3. The van der Waals surface area contributed by atoms with Crippen molar-refractivity contribution in [3.8, 4) is 5.75 Å². The van der Waals surface area contributed by atoms with E-state index in [1.54, 1.807) is 0 Å². The minimum atomic E-state index is -2.95. The fourth-order valence-corrected chi connectivity index (χ4v) is 1.81. The molecule has 0 aromatic heterocycles. The molecular weight excluding hydrogens is 282 g/mol. The first-order valence-electron chi connectivity index (χ1n) is 6.55. The summed E-state index contributed by atoms with van der Waals surface area (Å²) in [6.45, 7) is -3.02. The fourth-order valence-electron chi connectivity index (χ4n) is 1.81. The predicted octanol–water partition coefficient (Wildman–Crippen LogP) is 1.64. The van der Waals surface area contributed by atoms with Gasteiger partial charge in [-0.3, -0.25) is 9.59 Å². The summed E-state index contributed by atoms with van der Waals surface area (Å²) in [5, 5.41) is 2.77. The number of likely N-dealkylation sites (N-methyl/N-ethyl adjacent to an activating group) is 1. The lowest BCUT2D eigenvalue weighted by molar-refractivity contribution is -0.121. The van der Waals surface area contributed by atoms with Crippen LogP contribution in [-0.4, -0.2) is 43.0 Å². The zero-order valence-corrected chi connectivity index (χ0v) is 11.5. The molecule has 21 heavy (non-hydrogen) atoms. The predicted molar refractivity (Wildman–Crippen MR) is 71.2 cm³/mol. The lowest BCUT2D eigenvalue weighted by Gasteiger charge is -2.17. The largest absolute Gasteiger partial charge is 0.435 e. The van der Waals surface area contributed by atoms with E-state index in [0.717, 1.165) is 12.8 Å². The Kier molecular flexibility index (Phi) is 4.72. The van der Waals surface area contributed by atoms with Gasteiger partial charge in [0.1, 0.15) is 5.75 Å². The summed E-state index contributed by atoms with van der Waals surface area (Å²) in [5.74, 6) is -0.749. The molecule has 1 fully saturated rings. The highest BCUT2D eigenvalue weighted by atomic mass is 19.3. The van der Waals surface area contributed by atoms with Gasteiger partial charge in [-0.2, -0.15) is 8.78 Å². The van der Waals surface area contributed by atoms with E-state index in [2.05, 4.69) is 10.1 Å². The Balaban J connectivity index is 1.95. The van der Waals surface area contributed by atoms with Gasteiger partial charge in [-0.15, -0.1) is 0 Å². The highest BCUT2D eigenvalue weighted by Gasteiger charge is 2.24. The molecule has 0 saturated heterocycles. The Morgan fingerprint density at radius 3 is 2.76 bits per heavy atom. The van der Waals surface area contributed by atoms with E-state index >= 15 is 0 Å². The van der Waals surface area contributed by atoms with E-state index < -0.39 is 12.5 Å². The number of nitrogens with zero attached hydrogens (tertiary/aromatic N) is 1. The monoisotopic (exact) mass is 298 g/mol. The number of halogens is 2. The summed E-state index contributed by atoms with van der Waals surface area (Å²) in [5.41, 5.74) is 0.190. The Morgan fingerprint density at radius 2 is 2.14 bits per heavy atom. The van der Waals surface area contributed by atoms with Crippen molar-refractivity contribution in [2.24, 2.45) is 0 Å². The summed E-state index contributed by atoms with van der Waals surface area (Å²) in [6.07, 6.45) is 1.94. The first kappa shape index (κ1) is 15.2. The number of hydrogen-bond donors (Lipinski definition) is 1. The Bertz CT molecular complexity index is 533. The van der Waals surface area contributed by atoms with Gasteiger partial charge < -0.3 is 15.0 Å². The highest BCUT2D eigenvalue weighted by Crippen LogP contribution is 2.19. The molecule has 0 radical (unpaired) electrons. The summed E-state index contributed by atoms with van der Waals surface area (Å²) < 4.78 is 28.5. The molecule has 1 aromatic rings.